The number of aromatic hydroxyl groups is 1. The number of benzene rings is 1. The van der Waals surface area contributed by atoms with Crippen LogP contribution < -0.4 is 0 Å². The van der Waals surface area contributed by atoms with Crippen LogP contribution in [0.4, 0.5) is 0 Å². The van der Waals surface area contributed by atoms with E-state index >= 15 is 0 Å². The maximum atomic E-state index is 11.8. The maximum absolute atomic E-state index is 11.8. The van der Waals surface area contributed by atoms with E-state index < -0.39 is 17.7 Å². The maximum Gasteiger partial charge on any atom is 0.341 e. The van der Waals surface area contributed by atoms with Crippen molar-refractivity contribution in [1.29, 1.82) is 0 Å². The number of carbonyl (C=O) groups is 3. The minimum atomic E-state index is -0.788. The Morgan fingerprint density at radius 2 is 1.95 bits per heavy atom. The summed E-state index contributed by atoms with van der Waals surface area (Å²) in [7, 11) is 2.40. The fourth-order valence-corrected chi connectivity index (χ4v) is 2.36. The highest BCUT2D eigenvalue weighted by atomic mass is 16.5. The molecule has 0 unspecified atom stereocenters. The van der Waals surface area contributed by atoms with Crippen molar-refractivity contribution in [2.24, 2.45) is 0 Å². The van der Waals surface area contributed by atoms with E-state index in [0.717, 1.165) is 0 Å². The summed E-state index contributed by atoms with van der Waals surface area (Å²) in [5.41, 5.74) is 0.944. The molecule has 6 heteroatoms. The molecule has 0 radical (unpaired) electrons. The van der Waals surface area contributed by atoms with Crippen molar-refractivity contribution in [3.8, 4) is 5.75 Å². The molecule has 1 aromatic carbocycles. The van der Waals surface area contributed by atoms with Crippen LogP contribution >= 0.6 is 0 Å². The van der Waals surface area contributed by atoms with Crippen LogP contribution in [0.5, 0.6) is 5.75 Å². The highest BCUT2D eigenvalue weighted by molar-refractivity contribution is 6.07. The normalized spacial score (nSPS) is 13.0. The van der Waals surface area contributed by atoms with Crippen LogP contribution in [0.3, 0.4) is 0 Å². The first-order valence-electron chi connectivity index (χ1n) is 6.05. The molecule has 1 aliphatic rings. The second-order valence-corrected chi connectivity index (χ2v) is 4.46. The van der Waals surface area contributed by atoms with Crippen molar-refractivity contribution >= 4 is 17.7 Å². The molecular weight excluding hydrogens is 264 g/mol. The van der Waals surface area contributed by atoms with Crippen LogP contribution in [0.25, 0.3) is 0 Å². The third kappa shape index (κ3) is 2.24. The first-order chi connectivity index (χ1) is 9.49. The summed E-state index contributed by atoms with van der Waals surface area (Å²) in [6.45, 7) is 0. The highest BCUT2D eigenvalue weighted by Gasteiger charge is 2.30. The monoisotopic (exact) mass is 278 g/mol. The van der Waals surface area contributed by atoms with E-state index in [9.17, 15) is 19.5 Å². The number of rotatable bonds is 3. The van der Waals surface area contributed by atoms with Gasteiger partial charge < -0.3 is 14.6 Å². The van der Waals surface area contributed by atoms with Crippen LogP contribution in [0.2, 0.25) is 0 Å². The number of ketones is 1. The Bertz CT molecular complexity index is 602. The lowest BCUT2D eigenvalue weighted by Gasteiger charge is -2.12. The second kappa shape index (κ2) is 5.32. The number of phenolic OH excluding ortho intramolecular Hbond substituents is 1. The predicted octanol–water partition coefficient (Wildman–Crippen LogP) is 1.02. The number of methoxy groups -OCH3 is 2. The summed E-state index contributed by atoms with van der Waals surface area (Å²) in [6, 6.07) is 1.59. The fraction of sp³-hybridized carbons (Fsp3) is 0.357. The van der Waals surface area contributed by atoms with Gasteiger partial charge in [-0.3, -0.25) is 9.59 Å². The largest absolute Gasteiger partial charge is 0.506 e. The van der Waals surface area contributed by atoms with Crippen molar-refractivity contribution < 1.29 is 29.0 Å². The number of phenols is 1. The number of ether oxygens (including phenoxy) is 2. The summed E-state index contributed by atoms with van der Waals surface area (Å²) < 4.78 is 9.17. The molecule has 20 heavy (non-hydrogen) atoms. The zero-order valence-corrected chi connectivity index (χ0v) is 11.2. The first-order valence-corrected chi connectivity index (χ1v) is 6.05. The predicted molar refractivity (Wildman–Crippen MR) is 67.8 cm³/mol. The van der Waals surface area contributed by atoms with Gasteiger partial charge in [0.05, 0.1) is 26.2 Å². The molecule has 0 aromatic heterocycles. The smallest absolute Gasteiger partial charge is 0.341 e. The molecule has 0 aliphatic heterocycles. The van der Waals surface area contributed by atoms with E-state index in [4.69, 9.17) is 0 Å². The average molecular weight is 278 g/mol. The molecule has 0 bridgehead atoms. The van der Waals surface area contributed by atoms with E-state index in [2.05, 4.69) is 9.47 Å². The standard InChI is InChI=1S/C14H14O6/c1-19-10(16)6-8-5-7-3-4-9(15)11(7)13(17)12(8)14(18)20-2/h5,17H,3-4,6H2,1-2H3. The molecule has 0 amide bonds. The lowest BCUT2D eigenvalue weighted by Crippen LogP contribution is -2.13. The number of fused-ring (bicyclic) bond motifs is 1. The average Bonchev–Trinajstić information content (AvgIpc) is 2.79. The van der Waals surface area contributed by atoms with Crippen LogP contribution in [0.15, 0.2) is 6.07 Å². The Hall–Kier alpha value is -2.37. The van der Waals surface area contributed by atoms with Crippen molar-refractivity contribution in [1.82, 2.24) is 0 Å². The topological polar surface area (TPSA) is 89.9 Å². The first kappa shape index (κ1) is 14.0. The van der Waals surface area contributed by atoms with Gasteiger partial charge in [0.25, 0.3) is 0 Å². The SMILES string of the molecule is COC(=O)Cc1cc2c(c(O)c1C(=O)OC)C(=O)CC2. The van der Waals surface area contributed by atoms with Gasteiger partial charge in [-0.25, -0.2) is 4.79 Å². The van der Waals surface area contributed by atoms with Crippen LogP contribution in [-0.4, -0.2) is 37.0 Å². The van der Waals surface area contributed by atoms with E-state index in [1.54, 1.807) is 6.07 Å². The lowest BCUT2D eigenvalue weighted by molar-refractivity contribution is -0.139. The van der Waals surface area contributed by atoms with Gasteiger partial charge >= 0.3 is 11.9 Å². The Morgan fingerprint density at radius 1 is 1.25 bits per heavy atom. The summed E-state index contributed by atoms with van der Waals surface area (Å²) in [5.74, 6) is -1.95. The van der Waals surface area contributed by atoms with Gasteiger partial charge in [0.1, 0.15) is 11.3 Å². The van der Waals surface area contributed by atoms with Gasteiger partial charge in [-0.1, -0.05) is 6.07 Å². The Balaban J connectivity index is 2.61. The third-order valence-electron chi connectivity index (χ3n) is 3.32. The molecule has 1 aromatic rings. The summed E-state index contributed by atoms with van der Waals surface area (Å²) in [5, 5.41) is 10.2. The number of Topliss-reactive ketones (excluding diaryl/α,β-unsaturated/α-hetero) is 1. The molecule has 0 spiro atoms. The molecule has 0 heterocycles. The zero-order valence-electron chi connectivity index (χ0n) is 11.2. The van der Waals surface area contributed by atoms with E-state index in [1.807, 2.05) is 0 Å². The van der Waals surface area contributed by atoms with Crippen molar-refractivity contribution in [2.75, 3.05) is 14.2 Å². The molecular formula is C14H14O6. The quantitative estimate of drug-likeness (QED) is 0.830. The van der Waals surface area contributed by atoms with Crippen LogP contribution in [-0.2, 0) is 27.1 Å². The lowest BCUT2D eigenvalue weighted by atomic mass is 9.96. The minimum absolute atomic E-state index is 0.146. The molecule has 0 saturated heterocycles. The summed E-state index contributed by atoms with van der Waals surface area (Å²) in [4.78, 5) is 34.9. The summed E-state index contributed by atoms with van der Waals surface area (Å²) >= 11 is 0. The van der Waals surface area contributed by atoms with Gasteiger partial charge in [-0.2, -0.15) is 0 Å². The summed E-state index contributed by atoms with van der Waals surface area (Å²) in [6.07, 6.45) is 0.596. The molecule has 106 valence electrons. The zero-order chi connectivity index (χ0) is 14.9. The number of carbonyl (C=O) groups excluding carboxylic acids is 3. The van der Waals surface area contributed by atoms with E-state index in [0.29, 0.717) is 17.5 Å². The molecule has 0 saturated carbocycles. The van der Waals surface area contributed by atoms with Gasteiger partial charge in [0.15, 0.2) is 5.78 Å². The fourth-order valence-electron chi connectivity index (χ4n) is 2.36. The van der Waals surface area contributed by atoms with Crippen molar-refractivity contribution in [2.45, 2.75) is 19.3 Å². The number of aryl methyl sites for hydroxylation is 1. The minimum Gasteiger partial charge on any atom is -0.506 e. The molecule has 1 N–H and O–H groups in total. The second-order valence-electron chi connectivity index (χ2n) is 4.46. The molecule has 1 aliphatic carbocycles. The highest BCUT2D eigenvalue weighted by Crippen LogP contribution is 2.36. The Labute approximate surface area is 115 Å². The Morgan fingerprint density at radius 3 is 2.55 bits per heavy atom. The third-order valence-corrected chi connectivity index (χ3v) is 3.32. The van der Waals surface area contributed by atoms with E-state index in [-0.39, 0.29) is 29.8 Å². The van der Waals surface area contributed by atoms with Crippen molar-refractivity contribution in [3.05, 3.63) is 28.3 Å². The number of esters is 2. The molecule has 0 fully saturated rings. The van der Waals surface area contributed by atoms with Gasteiger partial charge in [-0.05, 0) is 17.5 Å². The number of hydrogen-bond acceptors (Lipinski definition) is 6. The van der Waals surface area contributed by atoms with Gasteiger partial charge in [-0.15, -0.1) is 0 Å². The number of hydrogen-bond donors (Lipinski definition) is 1. The van der Waals surface area contributed by atoms with Gasteiger partial charge in [0.2, 0.25) is 0 Å². The van der Waals surface area contributed by atoms with Crippen LogP contribution in [0, 0.1) is 0 Å². The van der Waals surface area contributed by atoms with Crippen LogP contribution in [0.1, 0.15) is 38.3 Å². The van der Waals surface area contributed by atoms with E-state index in [1.165, 1.54) is 14.2 Å². The molecule has 6 nitrogen and oxygen atoms in total. The molecule has 0 atom stereocenters. The Kier molecular flexibility index (Phi) is 3.74. The van der Waals surface area contributed by atoms with Crippen molar-refractivity contribution in [3.63, 3.8) is 0 Å². The molecule has 2 rings (SSSR count). The van der Waals surface area contributed by atoms with Gasteiger partial charge in [0, 0.05) is 6.42 Å².